The van der Waals surface area contributed by atoms with Gasteiger partial charge < -0.3 is 5.32 Å². The average Bonchev–Trinajstić information content (AvgIpc) is 3.12. The van der Waals surface area contributed by atoms with Crippen LogP contribution < -0.4 is 5.32 Å². The summed E-state index contributed by atoms with van der Waals surface area (Å²) in [6.07, 6.45) is 6.65. The Morgan fingerprint density at radius 1 is 1.16 bits per heavy atom. The van der Waals surface area contributed by atoms with Gasteiger partial charge in [-0.25, -0.2) is 12.7 Å². The molecule has 0 aromatic carbocycles. The monoisotopic (exact) mass is 288 g/mol. The predicted octanol–water partition coefficient (Wildman–Crippen LogP) is 1.97. The highest BCUT2D eigenvalue weighted by molar-refractivity contribution is 7.89. The zero-order valence-electron chi connectivity index (χ0n) is 12.5. The first kappa shape index (κ1) is 15.3. The summed E-state index contributed by atoms with van der Waals surface area (Å²) in [5.74, 6) is 0.236. The van der Waals surface area contributed by atoms with Crippen molar-refractivity contribution < 1.29 is 8.42 Å². The second-order valence-corrected chi connectivity index (χ2v) is 9.10. The molecule has 0 aliphatic heterocycles. The van der Waals surface area contributed by atoms with Gasteiger partial charge in [-0.1, -0.05) is 13.8 Å². The standard InChI is InChI=1S/C14H28N2O2S/c1-14(2)8-6-13(7-9-14)16(3)19(17,18)11-10-15-12-4-5-12/h12-13,15H,4-11H2,1-3H3. The van der Waals surface area contributed by atoms with Gasteiger partial charge in [0.25, 0.3) is 0 Å². The molecule has 0 unspecified atom stereocenters. The maximum atomic E-state index is 12.3. The van der Waals surface area contributed by atoms with Gasteiger partial charge in [-0.3, -0.25) is 0 Å². The molecule has 0 saturated heterocycles. The Labute approximate surface area is 118 Å². The summed E-state index contributed by atoms with van der Waals surface area (Å²) in [5, 5.41) is 3.28. The van der Waals surface area contributed by atoms with E-state index in [0.29, 0.717) is 18.0 Å². The van der Waals surface area contributed by atoms with Crippen molar-refractivity contribution >= 4 is 10.0 Å². The Morgan fingerprint density at radius 2 is 1.74 bits per heavy atom. The lowest BCUT2D eigenvalue weighted by atomic mass is 9.76. The van der Waals surface area contributed by atoms with Gasteiger partial charge in [-0.05, 0) is 43.9 Å². The first-order valence-corrected chi connectivity index (χ1v) is 9.10. The molecule has 0 heterocycles. The Balaban J connectivity index is 1.81. The molecule has 0 aromatic heterocycles. The van der Waals surface area contributed by atoms with Crippen LogP contribution in [0.25, 0.3) is 0 Å². The lowest BCUT2D eigenvalue weighted by Gasteiger charge is -2.38. The first-order chi connectivity index (χ1) is 8.80. The van der Waals surface area contributed by atoms with Gasteiger partial charge in [-0.15, -0.1) is 0 Å². The predicted molar refractivity (Wildman–Crippen MR) is 78.6 cm³/mol. The summed E-state index contributed by atoms with van der Waals surface area (Å²) >= 11 is 0. The van der Waals surface area contributed by atoms with Crippen molar-refractivity contribution in [2.75, 3.05) is 19.3 Å². The van der Waals surface area contributed by atoms with Crippen LogP contribution in [0, 0.1) is 5.41 Å². The number of nitrogens with zero attached hydrogens (tertiary/aromatic N) is 1. The minimum absolute atomic E-state index is 0.207. The Morgan fingerprint density at radius 3 is 2.26 bits per heavy atom. The van der Waals surface area contributed by atoms with Crippen LogP contribution in [0.2, 0.25) is 0 Å². The summed E-state index contributed by atoms with van der Waals surface area (Å²) in [5.41, 5.74) is 0.384. The zero-order chi connectivity index (χ0) is 14.1. The third-order valence-corrected chi connectivity index (χ3v) is 6.53. The van der Waals surface area contributed by atoms with Gasteiger partial charge >= 0.3 is 0 Å². The van der Waals surface area contributed by atoms with E-state index in [4.69, 9.17) is 0 Å². The van der Waals surface area contributed by atoms with Crippen LogP contribution in [0.1, 0.15) is 52.4 Å². The molecule has 0 bridgehead atoms. The molecular weight excluding hydrogens is 260 g/mol. The van der Waals surface area contributed by atoms with Gasteiger partial charge in [0, 0.05) is 25.7 Å². The molecule has 0 amide bonds. The topological polar surface area (TPSA) is 49.4 Å². The lowest BCUT2D eigenvalue weighted by Crippen LogP contribution is -2.43. The third kappa shape index (κ3) is 4.43. The van der Waals surface area contributed by atoms with E-state index in [1.54, 1.807) is 11.4 Å². The molecule has 1 N–H and O–H groups in total. The van der Waals surface area contributed by atoms with Crippen LogP contribution >= 0.6 is 0 Å². The molecule has 5 heteroatoms. The number of nitrogens with one attached hydrogen (secondary N) is 1. The number of sulfonamides is 1. The maximum absolute atomic E-state index is 12.3. The van der Waals surface area contributed by atoms with E-state index in [1.165, 1.54) is 12.8 Å². The van der Waals surface area contributed by atoms with E-state index >= 15 is 0 Å². The molecule has 0 radical (unpaired) electrons. The SMILES string of the molecule is CN(C1CCC(C)(C)CC1)S(=O)(=O)CCNC1CC1. The minimum atomic E-state index is -3.09. The Bertz CT molecular complexity index is 392. The van der Waals surface area contributed by atoms with E-state index in [-0.39, 0.29) is 11.8 Å². The van der Waals surface area contributed by atoms with Crippen molar-refractivity contribution in [3.8, 4) is 0 Å². The van der Waals surface area contributed by atoms with Crippen LogP contribution in [0.15, 0.2) is 0 Å². The van der Waals surface area contributed by atoms with Crippen molar-refractivity contribution in [1.82, 2.24) is 9.62 Å². The molecule has 2 fully saturated rings. The molecule has 2 aliphatic rings. The fourth-order valence-electron chi connectivity index (χ4n) is 2.80. The smallest absolute Gasteiger partial charge is 0.215 e. The Hall–Kier alpha value is -0.130. The van der Waals surface area contributed by atoms with Gasteiger partial charge in [0.15, 0.2) is 0 Å². The van der Waals surface area contributed by atoms with Crippen molar-refractivity contribution in [3.05, 3.63) is 0 Å². The molecule has 112 valence electrons. The zero-order valence-corrected chi connectivity index (χ0v) is 13.3. The van der Waals surface area contributed by atoms with Crippen LogP contribution in [0.4, 0.5) is 0 Å². The van der Waals surface area contributed by atoms with Crippen LogP contribution in [0.5, 0.6) is 0 Å². The number of rotatable bonds is 6. The molecule has 2 saturated carbocycles. The quantitative estimate of drug-likeness (QED) is 0.813. The third-order valence-electron chi connectivity index (χ3n) is 4.63. The van der Waals surface area contributed by atoms with Gasteiger partial charge in [0.2, 0.25) is 10.0 Å². The van der Waals surface area contributed by atoms with Crippen molar-refractivity contribution in [2.24, 2.45) is 5.41 Å². The van der Waals surface area contributed by atoms with Gasteiger partial charge in [-0.2, -0.15) is 0 Å². The summed E-state index contributed by atoms with van der Waals surface area (Å²) in [6.45, 7) is 5.14. The molecule has 2 aliphatic carbocycles. The maximum Gasteiger partial charge on any atom is 0.215 e. The Kier molecular flexibility index (Phi) is 4.58. The normalized spacial score (nSPS) is 24.8. The van der Waals surface area contributed by atoms with Gasteiger partial charge in [0.1, 0.15) is 0 Å². The molecule has 0 spiro atoms. The molecule has 2 rings (SSSR count). The van der Waals surface area contributed by atoms with E-state index < -0.39 is 10.0 Å². The van der Waals surface area contributed by atoms with Crippen LogP contribution in [0.3, 0.4) is 0 Å². The van der Waals surface area contributed by atoms with Crippen LogP contribution in [-0.4, -0.2) is 44.2 Å². The molecule has 0 aromatic rings. The summed E-state index contributed by atoms with van der Waals surface area (Å²) in [7, 11) is -1.33. The molecule has 0 atom stereocenters. The average molecular weight is 288 g/mol. The summed E-state index contributed by atoms with van der Waals surface area (Å²) in [6, 6.07) is 0.787. The fraction of sp³-hybridized carbons (Fsp3) is 1.00. The number of hydrogen-bond donors (Lipinski definition) is 1. The first-order valence-electron chi connectivity index (χ1n) is 7.49. The molecular formula is C14H28N2O2S. The van der Waals surface area contributed by atoms with E-state index in [1.807, 2.05) is 0 Å². The van der Waals surface area contributed by atoms with Gasteiger partial charge in [0.05, 0.1) is 5.75 Å². The van der Waals surface area contributed by atoms with E-state index in [0.717, 1.165) is 25.7 Å². The molecule has 19 heavy (non-hydrogen) atoms. The fourth-order valence-corrected chi connectivity index (χ4v) is 4.13. The largest absolute Gasteiger partial charge is 0.313 e. The molecule has 4 nitrogen and oxygen atoms in total. The minimum Gasteiger partial charge on any atom is -0.313 e. The number of hydrogen-bond acceptors (Lipinski definition) is 3. The van der Waals surface area contributed by atoms with Crippen LogP contribution in [-0.2, 0) is 10.0 Å². The second-order valence-electron chi connectivity index (χ2n) is 6.96. The van der Waals surface area contributed by atoms with Crippen molar-refractivity contribution in [3.63, 3.8) is 0 Å². The van der Waals surface area contributed by atoms with E-state index in [2.05, 4.69) is 19.2 Å². The second kappa shape index (κ2) is 5.70. The van der Waals surface area contributed by atoms with Crippen molar-refractivity contribution in [2.45, 2.75) is 64.5 Å². The lowest BCUT2D eigenvalue weighted by molar-refractivity contribution is 0.174. The highest BCUT2D eigenvalue weighted by atomic mass is 32.2. The van der Waals surface area contributed by atoms with E-state index in [9.17, 15) is 8.42 Å². The highest BCUT2D eigenvalue weighted by Crippen LogP contribution is 2.37. The summed E-state index contributed by atoms with van der Waals surface area (Å²) < 4.78 is 26.2. The van der Waals surface area contributed by atoms with Crippen molar-refractivity contribution in [1.29, 1.82) is 0 Å². The summed E-state index contributed by atoms with van der Waals surface area (Å²) in [4.78, 5) is 0. The highest BCUT2D eigenvalue weighted by Gasteiger charge is 2.33.